The molecule has 7 nitrogen and oxygen atoms in total. The lowest BCUT2D eigenvalue weighted by molar-refractivity contribution is 0.0946. The van der Waals surface area contributed by atoms with Crippen LogP contribution in [0.25, 0.3) is 0 Å². The van der Waals surface area contributed by atoms with E-state index in [1.54, 1.807) is 0 Å². The fraction of sp³-hybridized carbons (Fsp3) is 0.238. The van der Waals surface area contributed by atoms with Gasteiger partial charge in [-0.05, 0) is 56.3 Å². The van der Waals surface area contributed by atoms with Crippen molar-refractivity contribution in [2.45, 2.75) is 31.8 Å². The molecule has 2 N–H and O–H groups in total. The van der Waals surface area contributed by atoms with Gasteiger partial charge in [0.2, 0.25) is 10.0 Å². The standard InChI is InChI=1S/C21H23FN4O3S/c1-14-9-15(2)26(25-14)13-17-6-4-5-16(10-17)12-24-21(27)19-11-18(7-8-20(19)22)30(28,29)23-3/h4-11,23H,12-13H2,1-3H3,(H,24,27). The Labute approximate surface area is 175 Å². The van der Waals surface area contributed by atoms with Crippen LogP contribution in [0.3, 0.4) is 0 Å². The minimum absolute atomic E-state index is 0.173. The maximum Gasteiger partial charge on any atom is 0.254 e. The first-order valence-corrected chi connectivity index (χ1v) is 10.8. The first-order valence-electron chi connectivity index (χ1n) is 9.30. The highest BCUT2D eigenvalue weighted by atomic mass is 32.2. The number of hydrogen-bond donors (Lipinski definition) is 2. The van der Waals surface area contributed by atoms with Gasteiger partial charge in [-0.25, -0.2) is 17.5 Å². The summed E-state index contributed by atoms with van der Waals surface area (Å²) in [5.41, 5.74) is 3.52. The predicted molar refractivity (Wildman–Crippen MR) is 111 cm³/mol. The molecule has 0 aliphatic carbocycles. The van der Waals surface area contributed by atoms with Crippen molar-refractivity contribution in [2.24, 2.45) is 0 Å². The predicted octanol–water partition coefficient (Wildman–Crippen LogP) is 2.53. The molecule has 1 aromatic heterocycles. The Balaban J connectivity index is 1.72. The van der Waals surface area contributed by atoms with Gasteiger partial charge in [-0.2, -0.15) is 5.10 Å². The largest absolute Gasteiger partial charge is 0.348 e. The molecular weight excluding hydrogens is 407 g/mol. The highest BCUT2D eigenvalue weighted by molar-refractivity contribution is 7.89. The van der Waals surface area contributed by atoms with Crippen molar-refractivity contribution >= 4 is 15.9 Å². The van der Waals surface area contributed by atoms with Gasteiger partial charge in [0.15, 0.2) is 0 Å². The van der Waals surface area contributed by atoms with Gasteiger partial charge in [0.05, 0.1) is 22.7 Å². The molecule has 3 rings (SSSR count). The van der Waals surface area contributed by atoms with Gasteiger partial charge < -0.3 is 5.32 Å². The first kappa shape index (κ1) is 21.7. The molecule has 3 aromatic rings. The second-order valence-electron chi connectivity index (χ2n) is 6.94. The third-order valence-electron chi connectivity index (χ3n) is 4.64. The second-order valence-corrected chi connectivity index (χ2v) is 8.82. The molecule has 0 radical (unpaired) electrons. The number of hydrogen-bond acceptors (Lipinski definition) is 4. The fourth-order valence-corrected chi connectivity index (χ4v) is 3.84. The van der Waals surface area contributed by atoms with Crippen LogP contribution >= 0.6 is 0 Å². The molecule has 0 bridgehead atoms. The first-order chi connectivity index (χ1) is 14.2. The number of halogens is 1. The van der Waals surface area contributed by atoms with Crippen LogP contribution in [0.15, 0.2) is 53.4 Å². The van der Waals surface area contributed by atoms with E-state index < -0.39 is 21.7 Å². The summed E-state index contributed by atoms with van der Waals surface area (Å²) in [7, 11) is -2.53. The minimum Gasteiger partial charge on any atom is -0.348 e. The van der Waals surface area contributed by atoms with Gasteiger partial charge in [0.25, 0.3) is 5.91 Å². The number of carbonyl (C=O) groups is 1. The summed E-state index contributed by atoms with van der Waals surface area (Å²) in [6.07, 6.45) is 0. The SMILES string of the molecule is CNS(=O)(=O)c1ccc(F)c(C(=O)NCc2cccc(Cn3nc(C)cc3C)c2)c1. The summed E-state index contributed by atoms with van der Waals surface area (Å²) < 4.78 is 42.0. The number of nitrogens with one attached hydrogen (secondary N) is 2. The topological polar surface area (TPSA) is 93.1 Å². The zero-order valence-electron chi connectivity index (χ0n) is 16.9. The summed E-state index contributed by atoms with van der Waals surface area (Å²) in [6.45, 7) is 4.69. The molecule has 0 saturated heterocycles. The van der Waals surface area contributed by atoms with Crippen LogP contribution in [-0.4, -0.2) is 31.2 Å². The number of nitrogens with zero attached hydrogens (tertiary/aromatic N) is 2. The molecule has 0 aliphatic rings. The van der Waals surface area contributed by atoms with Gasteiger partial charge in [0, 0.05) is 12.2 Å². The average Bonchev–Trinajstić information content (AvgIpc) is 3.03. The van der Waals surface area contributed by atoms with Crippen LogP contribution in [0.5, 0.6) is 0 Å². The summed E-state index contributed by atoms with van der Waals surface area (Å²) in [6, 6.07) is 12.7. The smallest absolute Gasteiger partial charge is 0.254 e. The van der Waals surface area contributed by atoms with Crippen molar-refractivity contribution in [3.8, 4) is 0 Å². The Hall–Kier alpha value is -3.04. The van der Waals surface area contributed by atoms with Crippen LogP contribution in [0.4, 0.5) is 4.39 Å². The normalized spacial score (nSPS) is 11.5. The number of carbonyl (C=O) groups excluding carboxylic acids is 1. The van der Waals surface area contributed by atoms with E-state index in [2.05, 4.69) is 15.1 Å². The minimum atomic E-state index is -3.78. The molecule has 9 heteroatoms. The van der Waals surface area contributed by atoms with E-state index in [0.717, 1.165) is 40.7 Å². The van der Waals surface area contributed by atoms with Crippen LogP contribution in [0.2, 0.25) is 0 Å². The number of aryl methyl sites for hydroxylation is 2. The van der Waals surface area contributed by atoms with Gasteiger partial charge in [-0.3, -0.25) is 9.48 Å². The van der Waals surface area contributed by atoms with Crippen LogP contribution in [-0.2, 0) is 23.1 Å². The van der Waals surface area contributed by atoms with E-state index in [0.29, 0.717) is 6.54 Å². The van der Waals surface area contributed by atoms with Crippen molar-refractivity contribution in [1.29, 1.82) is 0 Å². The molecule has 0 saturated carbocycles. The van der Waals surface area contributed by atoms with Crippen LogP contribution in [0, 0.1) is 19.7 Å². The third-order valence-corrected chi connectivity index (χ3v) is 6.05. The van der Waals surface area contributed by atoms with Crippen molar-refractivity contribution in [3.05, 3.63) is 82.4 Å². The molecule has 0 aliphatic heterocycles. The zero-order chi connectivity index (χ0) is 21.9. The van der Waals surface area contributed by atoms with E-state index >= 15 is 0 Å². The van der Waals surface area contributed by atoms with E-state index in [4.69, 9.17) is 0 Å². The van der Waals surface area contributed by atoms with Crippen molar-refractivity contribution in [2.75, 3.05) is 7.05 Å². The summed E-state index contributed by atoms with van der Waals surface area (Å²) in [5.74, 6) is -1.48. The maximum absolute atomic E-state index is 14.1. The van der Waals surface area contributed by atoms with Gasteiger partial charge in [-0.15, -0.1) is 0 Å². The molecule has 0 spiro atoms. The quantitative estimate of drug-likeness (QED) is 0.602. The molecule has 2 aromatic carbocycles. The summed E-state index contributed by atoms with van der Waals surface area (Å²) in [4.78, 5) is 12.3. The number of sulfonamides is 1. The summed E-state index contributed by atoms with van der Waals surface area (Å²) in [5, 5.41) is 7.09. The highest BCUT2D eigenvalue weighted by Crippen LogP contribution is 2.16. The number of aromatic nitrogens is 2. The van der Waals surface area contributed by atoms with Crippen molar-refractivity contribution in [3.63, 3.8) is 0 Å². The average molecular weight is 431 g/mol. The lowest BCUT2D eigenvalue weighted by Gasteiger charge is -2.10. The zero-order valence-corrected chi connectivity index (χ0v) is 17.8. The number of benzene rings is 2. The van der Waals surface area contributed by atoms with Gasteiger partial charge in [-0.1, -0.05) is 24.3 Å². The second kappa shape index (κ2) is 8.76. The number of rotatable bonds is 7. The summed E-state index contributed by atoms with van der Waals surface area (Å²) >= 11 is 0. The monoisotopic (exact) mass is 430 g/mol. The molecule has 0 fully saturated rings. The molecule has 158 valence electrons. The number of amides is 1. The molecule has 0 unspecified atom stereocenters. The Morgan fingerprint density at radius 2 is 1.83 bits per heavy atom. The van der Waals surface area contributed by atoms with Crippen molar-refractivity contribution < 1.29 is 17.6 Å². The Bertz CT molecular complexity index is 1190. The highest BCUT2D eigenvalue weighted by Gasteiger charge is 2.18. The Kier molecular flexibility index (Phi) is 6.33. The van der Waals surface area contributed by atoms with E-state index in [9.17, 15) is 17.6 Å². The Morgan fingerprint density at radius 3 is 2.50 bits per heavy atom. The van der Waals surface area contributed by atoms with E-state index in [1.807, 2.05) is 48.9 Å². The fourth-order valence-electron chi connectivity index (χ4n) is 3.09. The third kappa shape index (κ3) is 4.92. The van der Waals surface area contributed by atoms with Gasteiger partial charge >= 0.3 is 0 Å². The lowest BCUT2D eigenvalue weighted by atomic mass is 10.1. The molecule has 1 heterocycles. The molecule has 1 amide bonds. The van der Waals surface area contributed by atoms with Crippen LogP contribution < -0.4 is 10.0 Å². The van der Waals surface area contributed by atoms with E-state index in [-0.39, 0.29) is 17.0 Å². The van der Waals surface area contributed by atoms with Crippen LogP contribution in [0.1, 0.15) is 32.9 Å². The van der Waals surface area contributed by atoms with Crippen molar-refractivity contribution in [1.82, 2.24) is 19.8 Å². The lowest BCUT2D eigenvalue weighted by Crippen LogP contribution is -2.25. The molecule has 30 heavy (non-hydrogen) atoms. The van der Waals surface area contributed by atoms with Gasteiger partial charge in [0.1, 0.15) is 5.82 Å². The Morgan fingerprint density at radius 1 is 1.10 bits per heavy atom. The molecular formula is C21H23FN4O3S. The molecule has 0 atom stereocenters. The van der Waals surface area contributed by atoms with E-state index in [1.165, 1.54) is 7.05 Å². The maximum atomic E-state index is 14.1.